The summed E-state index contributed by atoms with van der Waals surface area (Å²) in [7, 11) is 0. The van der Waals surface area contributed by atoms with Crippen LogP contribution in [0.3, 0.4) is 0 Å². The zero-order chi connectivity index (χ0) is 9.03. The molecule has 0 aromatic carbocycles. The van der Waals surface area contributed by atoms with Gasteiger partial charge >= 0.3 is 0 Å². The van der Waals surface area contributed by atoms with Gasteiger partial charge in [0, 0.05) is 18.9 Å². The Morgan fingerprint density at radius 1 is 1.42 bits per heavy atom. The summed E-state index contributed by atoms with van der Waals surface area (Å²) in [6.45, 7) is 4.75. The summed E-state index contributed by atoms with van der Waals surface area (Å²) >= 11 is 0. The van der Waals surface area contributed by atoms with Crippen LogP contribution in [-0.2, 0) is 4.74 Å². The van der Waals surface area contributed by atoms with Gasteiger partial charge in [0.05, 0.1) is 0 Å². The van der Waals surface area contributed by atoms with Crippen LogP contribution in [0.15, 0.2) is 0 Å². The molecule has 1 saturated carbocycles. The van der Waals surface area contributed by atoms with Crippen LogP contribution < -0.4 is 0 Å². The van der Waals surface area contributed by atoms with Gasteiger partial charge in [-0.15, -0.1) is 0 Å². The lowest BCUT2D eigenvalue weighted by Gasteiger charge is -2.09. The molecule has 0 radical (unpaired) electrons. The molecule has 1 fully saturated rings. The molecule has 2 nitrogen and oxygen atoms in total. The second-order valence-corrected chi connectivity index (χ2v) is 3.67. The van der Waals surface area contributed by atoms with Crippen LogP contribution in [0.1, 0.15) is 46.0 Å². The van der Waals surface area contributed by atoms with Crippen molar-refractivity contribution in [3.63, 3.8) is 0 Å². The average molecular weight is 172 g/mol. The quantitative estimate of drug-likeness (QED) is 0.492. The molecule has 0 spiro atoms. The number of ether oxygens (including phenoxy) is 1. The van der Waals surface area contributed by atoms with Crippen LogP contribution in [0, 0.1) is 5.92 Å². The molecule has 1 N–H and O–H groups in total. The van der Waals surface area contributed by atoms with Gasteiger partial charge in [0.1, 0.15) is 0 Å². The molecule has 1 aliphatic rings. The second kappa shape index (κ2) is 4.24. The predicted molar refractivity (Wildman–Crippen MR) is 48.8 cm³/mol. The Hall–Kier alpha value is -0.0800. The van der Waals surface area contributed by atoms with Crippen molar-refractivity contribution in [2.75, 3.05) is 6.61 Å². The van der Waals surface area contributed by atoms with Crippen LogP contribution in [0.25, 0.3) is 0 Å². The van der Waals surface area contributed by atoms with E-state index in [1.165, 1.54) is 19.3 Å². The highest BCUT2D eigenvalue weighted by molar-refractivity contribution is 4.95. The maximum Gasteiger partial charge on any atom is 0.168 e. The molecule has 12 heavy (non-hydrogen) atoms. The van der Waals surface area contributed by atoms with Gasteiger partial charge in [0.2, 0.25) is 0 Å². The molecule has 0 bridgehead atoms. The standard InChI is InChI=1S/C10H20O2/c1-3-5-6-7-9-8-10(9,11)12-4-2/h9,11H,3-8H2,1-2H3/t9-,10+/m0/s1. The minimum Gasteiger partial charge on any atom is -0.365 e. The zero-order valence-corrected chi connectivity index (χ0v) is 8.18. The van der Waals surface area contributed by atoms with Crippen molar-refractivity contribution >= 4 is 0 Å². The van der Waals surface area contributed by atoms with E-state index in [4.69, 9.17) is 4.74 Å². The number of unbranched alkanes of at least 4 members (excludes halogenated alkanes) is 2. The Labute approximate surface area is 74.9 Å². The van der Waals surface area contributed by atoms with E-state index < -0.39 is 5.79 Å². The summed E-state index contributed by atoms with van der Waals surface area (Å²) in [5.74, 6) is -0.313. The van der Waals surface area contributed by atoms with Crippen LogP contribution in [0.4, 0.5) is 0 Å². The third kappa shape index (κ3) is 2.46. The second-order valence-electron chi connectivity index (χ2n) is 3.67. The topological polar surface area (TPSA) is 29.5 Å². The maximum atomic E-state index is 9.67. The van der Waals surface area contributed by atoms with Gasteiger partial charge in [-0.05, 0) is 13.3 Å². The molecule has 0 saturated heterocycles. The molecule has 72 valence electrons. The van der Waals surface area contributed by atoms with E-state index in [2.05, 4.69) is 6.92 Å². The normalized spacial score (nSPS) is 33.8. The average Bonchev–Trinajstić information content (AvgIpc) is 2.63. The maximum absolute atomic E-state index is 9.67. The minimum absolute atomic E-state index is 0.420. The molecule has 0 unspecified atom stereocenters. The van der Waals surface area contributed by atoms with Crippen molar-refractivity contribution in [2.24, 2.45) is 5.92 Å². The molecule has 0 aliphatic heterocycles. The Bertz CT molecular complexity index is 136. The molecule has 0 heterocycles. The van der Waals surface area contributed by atoms with Crippen molar-refractivity contribution < 1.29 is 9.84 Å². The fraction of sp³-hybridized carbons (Fsp3) is 1.00. The monoisotopic (exact) mass is 172 g/mol. The molecule has 0 amide bonds. The Morgan fingerprint density at radius 3 is 2.75 bits per heavy atom. The van der Waals surface area contributed by atoms with Gasteiger partial charge in [-0.25, -0.2) is 0 Å². The number of hydrogen-bond acceptors (Lipinski definition) is 2. The first kappa shape index (κ1) is 10.0. The number of aliphatic hydroxyl groups is 1. The van der Waals surface area contributed by atoms with Crippen LogP contribution in [-0.4, -0.2) is 17.5 Å². The smallest absolute Gasteiger partial charge is 0.168 e. The van der Waals surface area contributed by atoms with Gasteiger partial charge in [0.15, 0.2) is 5.79 Å². The van der Waals surface area contributed by atoms with Crippen molar-refractivity contribution in [1.82, 2.24) is 0 Å². The SMILES string of the molecule is CCCCC[C@H]1C[C@@]1(O)OCC. The summed E-state index contributed by atoms with van der Waals surface area (Å²) in [5.41, 5.74) is 0. The lowest BCUT2D eigenvalue weighted by atomic mass is 10.1. The van der Waals surface area contributed by atoms with E-state index in [1.807, 2.05) is 6.92 Å². The molecule has 1 aliphatic carbocycles. The van der Waals surface area contributed by atoms with Gasteiger partial charge in [-0.2, -0.15) is 0 Å². The summed E-state index contributed by atoms with van der Waals surface area (Å²) in [6.07, 6.45) is 5.74. The van der Waals surface area contributed by atoms with Gasteiger partial charge in [-0.3, -0.25) is 0 Å². The third-order valence-electron chi connectivity index (χ3n) is 2.57. The third-order valence-corrected chi connectivity index (χ3v) is 2.57. The van der Waals surface area contributed by atoms with Crippen molar-refractivity contribution in [2.45, 2.75) is 51.7 Å². The molecule has 2 atom stereocenters. The lowest BCUT2D eigenvalue weighted by Crippen LogP contribution is -2.15. The van der Waals surface area contributed by atoms with Crippen LogP contribution in [0.5, 0.6) is 0 Å². The minimum atomic E-state index is -0.734. The summed E-state index contributed by atoms with van der Waals surface area (Å²) < 4.78 is 5.24. The van der Waals surface area contributed by atoms with Gasteiger partial charge in [-0.1, -0.05) is 26.2 Å². The Balaban J connectivity index is 2.06. The van der Waals surface area contributed by atoms with E-state index in [0.717, 1.165) is 12.8 Å². The van der Waals surface area contributed by atoms with Gasteiger partial charge in [0.25, 0.3) is 0 Å². The van der Waals surface area contributed by atoms with Crippen molar-refractivity contribution in [1.29, 1.82) is 0 Å². The van der Waals surface area contributed by atoms with E-state index in [-0.39, 0.29) is 0 Å². The first-order chi connectivity index (χ1) is 5.73. The first-order valence-corrected chi connectivity index (χ1v) is 5.09. The largest absolute Gasteiger partial charge is 0.365 e. The molecule has 1 rings (SSSR count). The molecule has 0 aromatic rings. The fourth-order valence-electron chi connectivity index (χ4n) is 1.69. The van der Waals surface area contributed by atoms with E-state index in [9.17, 15) is 5.11 Å². The first-order valence-electron chi connectivity index (χ1n) is 5.09. The lowest BCUT2D eigenvalue weighted by molar-refractivity contribution is -0.133. The molecule has 2 heteroatoms. The Kier molecular flexibility index (Phi) is 3.53. The predicted octanol–water partition coefficient (Wildman–Crippen LogP) is 2.31. The molecule has 0 aromatic heterocycles. The highest BCUT2D eigenvalue weighted by Crippen LogP contribution is 2.47. The summed E-state index contributed by atoms with van der Waals surface area (Å²) in [4.78, 5) is 0. The van der Waals surface area contributed by atoms with Crippen LogP contribution >= 0.6 is 0 Å². The molecular weight excluding hydrogens is 152 g/mol. The van der Waals surface area contributed by atoms with E-state index in [1.54, 1.807) is 0 Å². The Morgan fingerprint density at radius 2 is 2.17 bits per heavy atom. The number of rotatable bonds is 6. The summed E-state index contributed by atoms with van der Waals surface area (Å²) in [6, 6.07) is 0. The fourth-order valence-corrected chi connectivity index (χ4v) is 1.69. The highest BCUT2D eigenvalue weighted by Gasteiger charge is 2.53. The number of hydrogen-bond donors (Lipinski definition) is 1. The van der Waals surface area contributed by atoms with Crippen molar-refractivity contribution in [3.05, 3.63) is 0 Å². The highest BCUT2D eigenvalue weighted by atomic mass is 16.6. The summed E-state index contributed by atoms with van der Waals surface area (Å²) in [5, 5.41) is 9.67. The van der Waals surface area contributed by atoms with Crippen LogP contribution in [0.2, 0.25) is 0 Å². The molecular formula is C10H20O2. The van der Waals surface area contributed by atoms with E-state index >= 15 is 0 Å². The van der Waals surface area contributed by atoms with E-state index in [0.29, 0.717) is 12.5 Å². The van der Waals surface area contributed by atoms with Gasteiger partial charge < -0.3 is 9.84 Å². The van der Waals surface area contributed by atoms with Crippen molar-refractivity contribution in [3.8, 4) is 0 Å². The zero-order valence-electron chi connectivity index (χ0n) is 8.18.